The first kappa shape index (κ1) is 35.3. The van der Waals surface area contributed by atoms with Crippen molar-refractivity contribution in [2.45, 2.75) is 96.4 Å². The minimum Gasteiger partial charge on any atom is -0.474 e. The van der Waals surface area contributed by atoms with Crippen LogP contribution >= 0.6 is 11.6 Å². The van der Waals surface area contributed by atoms with Crippen LogP contribution in [-0.4, -0.2) is 80.3 Å². The third-order valence-electron chi connectivity index (χ3n) is 9.73. The number of amides is 1. The Balaban J connectivity index is 1.52. The number of likely N-dealkylation sites (tertiary alicyclic amines) is 2. The van der Waals surface area contributed by atoms with Crippen LogP contribution in [0.5, 0.6) is 5.88 Å². The quantitative estimate of drug-likeness (QED) is 0.183. The number of benzene rings is 2. The van der Waals surface area contributed by atoms with Gasteiger partial charge in [0.25, 0.3) is 0 Å². The van der Waals surface area contributed by atoms with Crippen LogP contribution in [0.25, 0.3) is 33.1 Å². The fourth-order valence-electron chi connectivity index (χ4n) is 7.18. The van der Waals surface area contributed by atoms with Crippen LogP contribution in [0, 0.1) is 35.4 Å². The Morgan fingerprint density at radius 3 is 2.64 bits per heavy atom. The Bertz CT molecular complexity index is 2010. The average Bonchev–Trinajstić information content (AvgIpc) is 3.70. The van der Waals surface area contributed by atoms with Crippen LogP contribution in [0.15, 0.2) is 24.3 Å². The van der Waals surface area contributed by atoms with E-state index >= 15 is 4.39 Å². The summed E-state index contributed by atoms with van der Waals surface area (Å²) in [5.41, 5.74) is 2.59. The van der Waals surface area contributed by atoms with E-state index in [0.717, 1.165) is 24.9 Å². The molecule has 2 aliphatic heterocycles. The summed E-state index contributed by atoms with van der Waals surface area (Å²) < 4.78 is 31.0. The number of nitriles is 2. The van der Waals surface area contributed by atoms with Crippen molar-refractivity contribution in [3.05, 3.63) is 46.2 Å². The van der Waals surface area contributed by atoms with Gasteiger partial charge in [-0.2, -0.15) is 10.5 Å². The van der Waals surface area contributed by atoms with Gasteiger partial charge in [0.05, 0.1) is 35.7 Å². The van der Waals surface area contributed by atoms with E-state index in [9.17, 15) is 15.3 Å². The van der Waals surface area contributed by atoms with Crippen LogP contribution in [0.4, 0.5) is 9.18 Å². The van der Waals surface area contributed by atoms with Crippen molar-refractivity contribution in [3.63, 3.8) is 0 Å². The molecule has 0 radical (unpaired) electrons. The minimum atomic E-state index is -0.683. The van der Waals surface area contributed by atoms with Gasteiger partial charge in [0.15, 0.2) is 11.3 Å². The van der Waals surface area contributed by atoms with E-state index in [1.165, 1.54) is 0 Å². The lowest BCUT2D eigenvalue weighted by atomic mass is 9.92. The minimum absolute atomic E-state index is 0.0869. The van der Waals surface area contributed by atoms with Crippen LogP contribution in [0.3, 0.4) is 0 Å². The lowest BCUT2D eigenvalue weighted by molar-refractivity contribution is 0.00557. The highest BCUT2D eigenvalue weighted by Crippen LogP contribution is 2.42. The van der Waals surface area contributed by atoms with Crippen LogP contribution in [0.1, 0.15) is 76.5 Å². The SMILES string of the molecule is Cc1cccc(-c2c(CCC#N)cc3c(nc(OC[C@@H]4CCCN4C)c4nnn([C@H]5CCN(C(=O)OC(C)(C)C)[C@H](CC#N)C5)c43)c2F)c1Cl. The van der Waals surface area contributed by atoms with E-state index in [0.29, 0.717) is 64.1 Å². The van der Waals surface area contributed by atoms with Crippen LogP contribution in [-0.2, 0) is 11.2 Å². The summed E-state index contributed by atoms with van der Waals surface area (Å²) >= 11 is 6.77. The molecule has 11 nitrogen and oxygen atoms in total. The summed E-state index contributed by atoms with van der Waals surface area (Å²) in [5, 5.41) is 29.3. The summed E-state index contributed by atoms with van der Waals surface area (Å²) in [7, 11) is 2.06. The monoisotopic (exact) mass is 700 g/mol. The lowest BCUT2D eigenvalue weighted by Crippen LogP contribution is -2.48. The van der Waals surface area contributed by atoms with Crippen LogP contribution in [0.2, 0.25) is 5.02 Å². The highest BCUT2D eigenvalue weighted by molar-refractivity contribution is 6.34. The third kappa shape index (κ3) is 6.92. The summed E-state index contributed by atoms with van der Waals surface area (Å²) in [6, 6.07) is 11.2. The van der Waals surface area contributed by atoms with E-state index in [-0.39, 0.29) is 42.7 Å². The predicted octanol–water partition coefficient (Wildman–Crippen LogP) is 7.53. The normalized spacial score (nSPS) is 19.9. The second kappa shape index (κ2) is 14.4. The number of aromatic nitrogens is 4. The van der Waals surface area contributed by atoms with Gasteiger partial charge in [-0.25, -0.2) is 18.9 Å². The maximum absolute atomic E-state index is 17.2. The van der Waals surface area contributed by atoms with Gasteiger partial charge in [-0.1, -0.05) is 35.0 Å². The summed E-state index contributed by atoms with van der Waals surface area (Å²) in [5.74, 6) is -0.383. The Labute approximate surface area is 296 Å². The maximum Gasteiger partial charge on any atom is 0.410 e. The largest absolute Gasteiger partial charge is 0.474 e. The Morgan fingerprint density at radius 1 is 1.14 bits per heavy atom. The molecule has 2 saturated heterocycles. The molecule has 262 valence electrons. The van der Waals surface area contributed by atoms with Crippen molar-refractivity contribution in [1.82, 2.24) is 29.8 Å². The second-order valence-electron chi connectivity index (χ2n) is 14.3. The Hall–Kier alpha value is -4.52. The summed E-state index contributed by atoms with van der Waals surface area (Å²) in [4.78, 5) is 21.8. The summed E-state index contributed by atoms with van der Waals surface area (Å²) in [6.45, 7) is 8.96. The molecule has 13 heteroatoms. The van der Waals surface area contributed by atoms with Crippen molar-refractivity contribution < 1.29 is 18.7 Å². The highest BCUT2D eigenvalue weighted by Gasteiger charge is 2.37. The molecule has 2 aliphatic rings. The van der Waals surface area contributed by atoms with Crippen molar-refractivity contribution in [2.24, 2.45) is 0 Å². The number of nitrogens with zero attached hydrogens (tertiary/aromatic N) is 8. The number of fused-ring (bicyclic) bond motifs is 3. The number of piperidine rings is 1. The smallest absolute Gasteiger partial charge is 0.410 e. The first-order chi connectivity index (χ1) is 23.9. The van der Waals surface area contributed by atoms with E-state index in [1.54, 1.807) is 15.6 Å². The number of rotatable bonds is 8. The van der Waals surface area contributed by atoms with E-state index < -0.39 is 23.6 Å². The fraction of sp³-hybridized carbons (Fsp3) is 0.514. The van der Waals surface area contributed by atoms with Crippen molar-refractivity contribution in [3.8, 4) is 29.1 Å². The number of halogens is 2. The van der Waals surface area contributed by atoms with E-state index in [2.05, 4.69) is 34.4 Å². The van der Waals surface area contributed by atoms with Crippen LogP contribution < -0.4 is 4.74 Å². The van der Waals surface area contributed by atoms with Gasteiger partial charge in [-0.15, -0.1) is 5.10 Å². The molecule has 2 aromatic carbocycles. The van der Waals surface area contributed by atoms with Gasteiger partial charge in [-0.05, 0) is 90.6 Å². The zero-order valence-electron chi connectivity index (χ0n) is 29.2. The lowest BCUT2D eigenvalue weighted by Gasteiger charge is -2.39. The second-order valence-corrected chi connectivity index (χ2v) is 14.7. The number of ether oxygens (including phenoxy) is 2. The van der Waals surface area contributed by atoms with Gasteiger partial charge in [0.1, 0.15) is 23.2 Å². The number of aryl methyl sites for hydroxylation is 2. The molecule has 50 heavy (non-hydrogen) atoms. The number of hydrogen-bond acceptors (Lipinski definition) is 9. The zero-order valence-corrected chi connectivity index (χ0v) is 29.9. The number of carbonyl (C=O) groups is 1. The zero-order chi connectivity index (χ0) is 35.7. The Morgan fingerprint density at radius 2 is 1.94 bits per heavy atom. The predicted molar refractivity (Wildman–Crippen MR) is 188 cm³/mol. The molecule has 0 N–H and O–H groups in total. The number of carbonyl (C=O) groups excluding carboxylic acids is 1. The molecule has 4 aromatic rings. The molecule has 1 amide bonds. The molecule has 0 unspecified atom stereocenters. The molecule has 0 bridgehead atoms. The maximum atomic E-state index is 17.2. The molecule has 3 atom stereocenters. The number of pyridine rings is 1. The molecule has 2 aromatic heterocycles. The van der Waals surface area contributed by atoms with Gasteiger partial charge in [-0.3, -0.25) is 0 Å². The number of hydrogen-bond donors (Lipinski definition) is 0. The van der Waals surface area contributed by atoms with Gasteiger partial charge in [0, 0.05) is 35.5 Å². The highest BCUT2D eigenvalue weighted by atomic mass is 35.5. The van der Waals surface area contributed by atoms with Gasteiger partial charge < -0.3 is 19.3 Å². The van der Waals surface area contributed by atoms with E-state index in [1.807, 2.05) is 45.9 Å². The third-order valence-corrected chi connectivity index (χ3v) is 10.2. The van der Waals surface area contributed by atoms with Crippen molar-refractivity contribution in [2.75, 3.05) is 26.7 Å². The van der Waals surface area contributed by atoms with Gasteiger partial charge in [0.2, 0.25) is 5.88 Å². The Kier molecular flexibility index (Phi) is 10.2. The van der Waals surface area contributed by atoms with Gasteiger partial charge >= 0.3 is 6.09 Å². The topological polar surface area (TPSA) is 133 Å². The molecule has 0 aliphatic carbocycles. The van der Waals surface area contributed by atoms with Crippen molar-refractivity contribution in [1.29, 1.82) is 10.5 Å². The molecule has 2 fully saturated rings. The molecular formula is C37H42ClFN8O3. The van der Waals surface area contributed by atoms with Crippen molar-refractivity contribution >= 4 is 39.6 Å². The first-order valence-corrected chi connectivity index (χ1v) is 17.5. The first-order valence-electron chi connectivity index (χ1n) is 17.1. The average molecular weight is 701 g/mol. The summed E-state index contributed by atoms with van der Waals surface area (Å²) in [6.07, 6.45) is 3.07. The van der Waals surface area contributed by atoms with E-state index in [4.69, 9.17) is 26.1 Å². The molecule has 0 spiro atoms. The molecule has 4 heterocycles. The standard InChI is InChI=1S/C37H42ClFN8O3/c1-22-9-6-12-27(30(22)38)29-23(10-7-15-40)19-28-32(31(29)39)42-35(49-21-26-11-8-17-45(26)5)33-34(28)47(44-43-33)25-14-18-46(24(20-25)13-16-41)36(48)50-37(2,3)4/h6,9,12,19,24-26H,7-8,10-11,13-14,17-18,20-21H2,1-5H3/t24-,25+,26+/m1/s1. The molecular weight excluding hydrogens is 659 g/mol. The number of likely N-dealkylation sites (N-methyl/N-ethyl adjacent to an activating group) is 1. The molecule has 6 rings (SSSR count). The fourth-order valence-corrected chi connectivity index (χ4v) is 7.40. The molecule has 0 saturated carbocycles.